The first-order valence-electron chi connectivity index (χ1n) is 10.1. The summed E-state index contributed by atoms with van der Waals surface area (Å²) in [4.78, 5) is 35.5. The van der Waals surface area contributed by atoms with Gasteiger partial charge in [-0.25, -0.2) is 0 Å². The highest BCUT2D eigenvalue weighted by Crippen LogP contribution is 2.35. The fraction of sp³-hybridized carbons (Fsp3) is 0.524. The summed E-state index contributed by atoms with van der Waals surface area (Å²) in [5.41, 5.74) is -0.237. The van der Waals surface area contributed by atoms with Gasteiger partial charge in [0.25, 0.3) is 11.2 Å². The highest BCUT2D eigenvalue weighted by Gasteiger charge is 2.22. The fourth-order valence-electron chi connectivity index (χ4n) is 3.12. The number of non-ortho nitro benzene ring substituents is 1. The lowest BCUT2D eigenvalue weighted by molar-refractivity contribution is -0.384. The minimum absolute atomic E-state index is 0.115. The molecule has 0 unspecified atom stereocenters. The number of esters is 1. The van der Waals surface area contributed by atoms with E-state index in [1.807, 2.05) is 6.92 Å². The van der Waals surface area contributed by atoms with E-state index in [-0.39, 0.29) is 17.2 Å². The van der Waals surface area contributed by atoms with Gasteiger partial charge >= 0.3 is 5.97 Å². The topological polar surface area (TPSA) is 101 Å². The quantitative estimate of drug-likeness (QED) is 0.235. The van der Waals surface area contributed by atoms with Gasteiger partial charge in [0.2, 0.25) is 5.75 Å². The third-order valence-electron chi connectivity index (χ3n) is 4.60. The van der Waals surface area contributed by atoms with Gasteiger partial charge in [-0.2, -0.15) is 0 Å². The average Bonchev–Trinajstić information content (AvgIpc) is 2.68. The Morgan fingerprint density at radius 3 is 2.45 bits per heavy atom. The molecule has 0 bridgehead atoms. The maximum Gasteiger partial charge on any atom is 0.308 e. The molecular weight excluding hydrogens is 376 g/mol. The largest absolute Gasteiger partial charge is 0.489 e. The highest BCUT2D eigenvalue weighted by atomic mass is 16.6. The summed E-state index contributed by atoms with van der Waals surface area (Å²) in [5, 5.41) is 11.8. The van der Waals surface area contributed by atoms with E-state index in [0.717, 1.165) is 32.1 Å². The number of hydrogen-bond donors (Lipinski definition) is 0. The van der Waals surface area contributed by atoms with Crippen molar-refractivity contribution < 1.29 is 19.2 Å². The molecule has 1 heterocycles. The molecule has 0 atom stereocenters. The number of hydrogen-bond acceptors (Lipinski definition) is 6. The van der Waals surface area contributed by atoms with Gasteiger partial charge in [-0.05, 0) is 18.9 Å². The summed E-state index contributed by atoms with van der Waals surface area (Å²) in [5.74, 6) is -0.619. The maximum atomic E-state index is 13.1. The Morgan fingerprint density at radius 2 is 1.83 bits per heavy atom. The molecule has 0 spiro atoms. The summed E-state index contributed by atoms with van der Waals surface area (Å²) in [7, 11) is 0. The van der Waals surface area contributed by atoms with Crippen LogP contribution in [0.1, 0.15) is 59.3 Å². The van der Waals surface area contributed by atoms with Crippen molar-refractivity contribution in [2.75, 3.05) is 6.61 Å². The number of fused-ring (bicyclic) bond motifs is 1. The number of aromatic nitrogens is 1. The Labute approximate surface area is 169 Å². The molecule has 158 valence electrons. The zero-order chi connectivity index (χ0) is 21.4. The molecule has 0 radical (unpaired) electrons. The first-order valence-corrected chi connectivity index (χ1v) is 10.1. The molecule has 8 heteroatoms. The Hall–Kier alpha value is -2.90. The van der Waals surface area contributed by atoms with Crippen LogP contribution < -0.4 is 15.0 Å². The number of aryl methyl sites for hydroxylation is 1. The summed E-state index contributed by atoms with van der Waals surface area (Å²) < 4.78 is 12.5. The molecule has 0 saturated carbocycles. The van der Waals surface area contributed by atoms with Crippen molar-refractivity contribution in [1.82, 2.24) is 4.57 Å². The van der Waals surface area contributed by atoms with E-state index in [9.17, 15) is 19.7 Å². The second kappa shape index (κ2) is 10.6. The molecule has 2 rings (SSSR count). The molecule has 0 aliphatic carbocycles. The van der Waals surface area contributed by atoms with Gasteiger partial charge in [0.15, 0.2) is 5.75 Å². The first kappa shape index (κ1) is 22.4. The number of benzene rings is 1. The summed E-state index contributed by atoms with van der Waals surface area (Å²) in [6.07, 6.45) is 5.47. The number of pyridine rings is 1. The zero-order valence-electron chi connectivity index (χ0n) is 17.2. The Kier molecular flexibility index (Phi) is 8.18. The normalized spacial score (nSPS) is 10.9. The van der Waals surface area contributed by atoms with Gasteiger partial charge in [0.1, 0.15) is 0 Å². The molecule has 0 saturated heterocycles. The van der Waals surface area contributed by atoms with E-state index in [1.54, 1.807) is 6.07 Å². The molecule has 0 N–H and O–H groups in total. The molecule has 2 aromatic rings. The second-order valence-corrected chi connectivity index (χ2v) is 6.93. The standard InChI is InChI=1S/C21H28N2O6/c1-4-6-8-9-13-28-19-17-11-10-16(23(26)27)14-18(17)22(12-7-5-2)21(25)20(19)29-15(3)24/h10-11,14H,4-9,12-13H2,1-3H3. The van der Waals surface area contributed by atoms with Gasteiger partial charge in [-0.15, -0.1) is 0 Å². The van der Waals surface area contributed by atoms with Crippen LogP contribution in [-0.4, -0.2) is 22.1 Å². The number of ether oxygens (including phenoxy) is 2. The number of carbonyl (C=O) groups excluding carboxylic acids is 1. The van der Waals surface area contributed by atoms with Crippen LogP contribution in [0.4, 0.5) is 5.69 Å². The number of rotatable bonds is 11. The number of nitro benzene ring substituents is 1. The fourth-order valence-corrected chi connectivity index (χ4v) is 3.12. The molecule has 0 aliphatic heterocycles. The number of unbranched alkanes of at least 4 members (excludes halogenated alkanes) is 4. The molecule has 0 aliphatic rings. The molecule has 29 heavy (non-hydrogen) atoms. The van der Waals surface area contributed by atoms with Crippen molar-refractivity contribution in [3.8, 4) is 11.5 Å². The minimum Gasteiger partial charge on any atom is -0.489 e. The SMILES string of the molecule is CCCCCCOc1c(OC(C)=O)c(=O)n(CCCC)c2cc([N+](=O)[O-])ccc12. The van der Waals surface area contributed by atoms with E-state index >= 15 is 0 Å². The van der Waals surface area contributed by atoms with E-state index in [1.165, 1.54) is 23.6 Å². The van der Waals surface area contributed by atoms with Crippen molar-refractivity contribution >= 4 is 22.6 Å². The molecule has 0 amide bonds. The maximum absolute atomic E-state index is 13.1. The van der Waals surface area contributed by atoms with Crippen LogP contribution >= 0.6 is 0 Å². The Morgan fingerprint density at radius 1 is 1.10 bits per heavy atom. The van der Waals surface area contributed by atoms with Gasteiger partial charge in [0.05, 0.1) is 17.0 Å². The van der Waals surface area contributed by atoms with Gasteiger partial charge in [-0.1, -0.05) is 39.5 Å². The summed E-state index contributed by atoms with van der Waals surface area (Å²) in [6, 6.07) is 4.27. The Balaban J connectivity index is 2.64. The van der Waals surface area contributed by atoms with Gasteiger partial charge in [0, 0.05) is 31.0 Å². The monoisotopic (exact) mass is 404 g/mol. The van der Waals surface area contributed by atoms with E-state index in [4.69, 9.17) is 9.47 Å². The number of carbonyl (C=O) groups is 1. The van der Waals surface area contributed by atoms with Crippen molar-refractivity contribution in [2.45, 2.75) is 65.8 Å². The van der Waals surface area contributed by atoms with Crippen molar-refractivity contribution in [3.05, 3.63) is 38.7 Å². The lowest BCUT2D eigenvalue weighted by atomic mass is 10.1. The predicted octanol–water partition coefficient (Wildman–Crippen LogP) is 4.59. The zero-order valence-corrected chi connectivity index (χ0v) is 17.2. The molecule has 0 fully saturated rings. The summed E-state index contributed by atoms with van der Waals surface area (Å²) >= 11 is 0. The van der Waals surface area contributed by atoms with Crippen LogP contribution in [0.3, 0.4) is 0 Å². The van der Waals surface area contributed by atoms with Crippen LogP contribution in [0.25, 0.3) is 10.9 Å². The first-order chi connectivity index (χ1) is 13.9. The summed E-state index contributed by atoms with van der Waals surface area (Å²) in [6.45, 7) is 6.03. The Bertz CT molecular complexity index is 935. The van der Waals surface area contributed by atoms with Gasteiger partial charge in [-0.3, -0.25) is 19.7 Å². The second-order valence-electron chi connectivity index (χ2n) is 6.93. The van der Waals surface area contributed by atoms with Gasteiger partial charge < -0.3 is 14.0 Å². The van der Waals surface area contributed by atoms with E-state index < -0.39 is 16.5 Å². The van der Waals surface area contributed by atoms with E-state index in [2.05, 4.69) is 6.92 Å². The lowest BCUT2D eigenvalue weighted by Gasteiger charge is -2.17. The lowest BCUT2D eigenvalue weighted by Crippen LogP contribution is -2.25. The number of nitrogens with zero attached hydrogens (tertiary/aromatic N) is 2. The highest BCUT2D eigenvalue weighted by molar-refractivity contribution is 5.90. The minimum atomic E-state index is -0.624. The van der Waals surface area contributed by atoms with E-state index in [0.29, 0.717) is 30.5 Å². The third-order valence-corrected chi connectivity index (χ3v) is 4.60. The van der Waals surface area contributed by atoms with Crippen LogP contribution in [0.5, 0.6) is 11.5 Å². The van der Waals surface area contributed by atoms with Crippen LogP contribution in [0.2, 0.25) is 0 Å². The molecular formula is C21H28N2O6. The van der Waals surface area contributed by atoms with Crippen molar-refractivity contribution in [3.63, 3.8) is 0 Å². The van der Waals surface area contributed by atoms with Crippen LogP contribution in [0, 0.1) is 10.1 Å². The third kappa shape index (κ3) is 5.56. The van der Waals surface area contributed by atoms with Crippen molar-refractivity contribution in [2.24, 2.45) is 0 Å². The smallest absolute Gasteiger partial charge is 0.308 e. The van der Waals surface area contributed by atoms with Crippen LogP contribution in [0.15, 0.2) is 23.0 Å². The predicted molar refractivity (Wildman–Crippen MR) is 111 cm³/mol. The average molecular weight is 404 g/mol. The van der Waals surface area contributed by atoms with Crippen molar-refractivity contribution in [1.29, 1.82) is 0 Å². The molecule has 1 aromatic heterocycles. The van der Waals surface area contributed by atoms with Crippen LogP contribution in [-0.2, 0) is 11.3 Å². The molecule has 8 nitrogen and oxygen atoms in total. The number of nitro groups is 1. The molecule has 1 aromatic carbocycles.